The molecule has 23 heavy (non-hydrogen) atoms. The Labute approximate surface area is 141 Å². The Morgan fingerprint density at radius 1 is 1.30 bits per heavy atom. The molecule has 1 amide bonds. The van der Waals surface area contributed by atoms with E-state index >= 15 is 0 Å². The van der Waals surface area contributed by atoms with Gasteiger partial charge in [-0.15, -0.1) is 11.3 Å². The second-order valence-corrected chi connectivity index (χ2v) is 6.77. The molecule has 1 aliphatic rings. The molecule has 0 radical (unpaired) electrons. The number of hydrogen-bond donors (Lipinski definition) is 0. The fraction of sp³-hybridized carbons (Fsp3) is 0.333. The molecule has 0 bridgehead atoms. The van der Waals surface area contributed by atoms with E-state index in [2.05, 4.69) is 40.3 Å². The average molecular weight is 327 g/mol. The SMILES string of the molecule is CCC(=O)N1N=C(c2cccs2)C[C@H]1c1ccc(N(C)C)cc1. The molecule has 1 aliphatic heterocycles. The molecule has 5 heteroatoms. The number of rotatable bonds is 4. The molecule has 1 aromatic carbocycles. The van der Waals surface area contributed by atoms with Gasteiger partial charge in [0.2, 0.25) is 5.91 Å². The Kier molecular flexibility index (Phi) is 4.48. The van der Waals surface area contributed by atoms with Crippen LogP contribution in [-0.2, 0) is 4.79 Å². The number of hydrazone groups is 1. The highest BCUT2D eigenvalue weighted by molar-refractivity contribution is 7.12. The maximum absolute atomic E-state index is 12.3. The van der Waals surface area contributed by atoms with Crippen LogP contribution in [0.4, 0.5) is 5.69 Å². The Hall–Kier alpha value is -2.14. The first-order valence-corrected chi connectivity index (χ1v) is 8.68. The number of hydrogen-bond acceptors (Lipinski definition) is 4. The third-order valence-corrected chi connectivity index (χ3v) is 4.99. The van der Waals surface area contributed by atoms with Gasteiger partial charge in [0.05, 0.1) is 16.6 Å². The molecule has 1 atom stereocenters. The van der Waals surface area contributed by atoms with Crippen LogP contribution in [0.15, 0.2) is 46.9 Å². The van der Waals surface area contributed by atoms with E-state index in [1.165, 1.54) is 0 Å². The zero-order valence-corrected chi connectivity index (χ0v) is 14.5. The van der Waals surface area contributed by atoms with Crippen LogP contribution < -0.4 is 4.90 Å². The van der Waals surface area contributed by atoms with Gasteiger partial charge >= 0.3 is 0 Å². The molecule has 120 valence electrons. The lowest BCUT2D eigenvalue weighted by Crippen LogP contribution is -2.26. The van der Waals surface area contributed by atoms with Gasteiger partial charge in [0.1, 0.15) is 0 Å². The largest absolute Gasteiger partial charge is 0.378 e. The molecule has 0 aliphatic carbocycles. The zero-order chi connectivity index (χ0) is 16.4. The summed E-state index contributed by atoms with van der Waals surface area (Å²) in [6.07, 6.45) is 1.24. The van der Waals surface area contributed by atoms with Gasteiger partial charge in [-0.1, -0.05) is 25.1 Å². The standard InChI is InChI=1S/C18H21N3OS/c1-4-18(22)21-16(12-15(19-21)17-6-5-11-23-17)13-7-9-14(10-8-13)20(2)3/h5-11,16H,4,12H2,1-3H3/t16-/m0/s1. The second kappa shape index (κ2) is 6.54. The maximum atomic E-state index is 12.3. The topological polar surface area (TPSA) is 35.9 Å². The van der Waals surface area contributed by atoms with E-state index in [1.54, 1.807) is 16.3 Å². The van der Waals surface area contributed by atoms with E-state index in [-0.39, 0.29) is 11.9 Å². The van der Waals surface area contributed by atoms with Crippen molar-refractivity contribution in [2.75, 3.05) is 19.0 Å². The molecule has 2 heterocycles. The predicted octanol–water partition coefficient (Wildman–Crippen LogP) is 3.90. The number of nitrogens with zero attached hydrogens (tertiary/aromatic N) is 3. The van der Waals surface area contributed by atoms with Crippen LogP contribution in [0.5, 0.6) is 0 Å². The molecular formula is C18H21N3OS. The summed E-state index contributed by atoms with van der Waals surface area (Å²) in [6.45, 7) is 1.88. The minimum Gasteiger partial charge on any atom is -0.378 e. The lowest BCUT2D eigenvalue weighted by molar-refractivity contribution is -0.132. The predicted molar refractivity (Wildman–Crippen MR) is 96.1 cm³/mol. The smallest absolute Gasteiger partial charge is 0.242 e. The number of carbonyl (C=O) groups excluding carboxylic acids is 1. The van der Waals surface area contributed by atoms with Crippen molar-refractivity contribution in [3.63, 3.8) is 0 Å². The molecule has 0 unspecified atom stereocenters. The van der Waals surface area contributed by atoms with Crippen LogP contribution in [0.25, 0.3) is 0 Å². The van der Waals surface area contributed by atoms with E-state index in [0.717, 1.165) is 28.3 Å². The first kappa shape index (κ1) is 15.7. The molecule has 1 aromatic heterocycles. The van der Waals surface area contributed by atoms with E-state index in [0.29, 0.717) is 6.42 Å². The quantitative estimate of drug-likeness (QED) is 0.854. The van der Waals surface area contributed by atoms with Crippen LogP contribution in [0, 0.1) is 0 Å². The molecule has 4 nitrogen and oxygen atoms in total. The molecular weight excluding hydrogens is 306 g/mol. The lowest BCUT2D eigenvalue weighted by atomic mass is 10.0. The number of anilines is 1. The summed E-state index contributed by atoms with van der Waals surface area (Å²) in [5.41, 5.74) is 3.29. The first-order chi connectivity index (χ1) is 11.1. The van der Waals surface area contributed by atoms with Gasteiger partial charge in [0.15, 0.2) is 0 Å². The highest BCUT2D eigenvalue weighted by Gasteiger charge is 2.32. The van der Waals surface area contributed by atoms with Gasteiger partial charge in [-0.25, -0.2) is 5.01 Å². The Morgan fingerprint density at radius 2 is 2.04 bits per heavy atom. The summed E-state index contributed by atoms with van der Waals surface area (Å²) in [5.74, 6) is 0.0678. The third kappa shape index (κ3) is 3.15. The minimum atomic E-state index is -0.00392. The van der Waals surface area contributed by atoms with Gasteiger partial charge < -0.3 is 4.90 Å². The van der Waals surface area contributed by atoms with Crippen molar-refractivity contribution >= 4 is 28.6 Å². The Bertz CT molecular complexity index is 704. The minimum absolute atomic E-state index is 0.00392. The number of amides is 1. The molecule has 0 fully saturated rings. The summed E-state index contributed by atoms with van der Waals surface area (Å²) in [6, 6.07) is 12.5. The fourth-order valence-corrected chi connectivity index (χ4v) is 3.47. The van der Waals surface area contributed by atoms with Crippen LogP contribution in [-0.4, -0.2) is 30.7 Å². The molecule has 0 saturated carbocycles. The molecule has 0 N–H and O–H groups in total. The van der Waals surface area contributed by atoms with Crippen molar-refractivity contribution in [1.29, 1.82) is 0 Å². The van der Waals surface area contributed by atoms with Gasteiger partial charge in [-0.3, -0.25) is 4.79 Å². The second-order valence-electron chi connectivity index (χ2n) is 5.82. The van der Waals surface area contributed by atoms with Gasteiger partial charge in [-0.2, -0.15) is 5.10 Å². The van der Waals surface area contributed by atoms with Crippen molar-refractivity contribution in [2.45, 2.75) is 25.8 Å². The highest BCUT2D eigenvalue weighted by Crippen LogP contribution is 2.34. The Morgan fingerprint density at radius 3 is 2.61 bits per heavy atom. The van der Waals surface area contributed by atoms with Crippen molar-refractivity contribution in [2.24, 2.45) is 5.10 Å². The lowest BCUT2D eigenvalue weighted by Gasteiger charge is -2.22. The summed E-state index contributed by atoms with van der Waals surface area (Å²) >= 11 is 1.67. The normalized spacial score (nSPS) is 17.3. The van der Waals surface area contributed by atoms with E-state index < -0.39 is 0 Å². The third-order valence-electron chi connectivity index (χ3n) is 4.07. The highest BCUT2D eigenvalue weighted by atomic mass is 32.1. The van der Waals surface area contributed by atoms with Gasteiger partial charge in [-0.05, 0) is 29.1 Å². The van der Waals surface area contributed by atoms with Crippen LogP contribution >= 0.6 is 11.3 Å². The Balaban J connectivity index is 1.90. The van der Waals surface area contributed by atoms with E-state index in [1.807, 2.05) is 32.5 Å². The van der Waals surface area contributed by atoms with Crippen LogP contribution in [0.3, 0.4) is 0 Å². The van der Waals surface area contributed by atoms with Crippen molar-refractivity contribution in [1.82, 2.24) is 5.01 Å². The van der Waals surface area contributed by atoms with E-state index in [9.17, 15) is 4.79 Å². The summed E-state index contributed by atoms with van der Waals surface area (Å²) in [5, 5.41) is 8.33. The fourth-order valence-electron chi connectivity index (χ4n) is 2.75. The van der Waals surface area contributed by atoms with Crippen molar-refractivity contribution < 1.29 is 4.79 Å². The monoisotopic (exact) mass is 327 g/mol. The summed E-state index contributed by atoms with van der Waals surface area (Å²) in [4.78, 5) is 15.5. The summed E-state index contributed by atoms with van der Waals surface area (Å²) < 4.78 is 0. The molecule has 3 rings (SSSR count). The number of benzene rings is 1. The van der Waals surface area contributed by atoms with Gasteiger partial charge in [0, 0.05) is 32.6 Å². The molecule has 0 saturated heterocycles. The molecule has 0 spiro atoms. The van der Waals surface area contributed by atoms with Crippen molar-refractivity contribution in [3.05, 3.63) is 52.2 Å². The van der Waals surface area contributed by atoms with Crippen LogP contribution in [0.1, 0.15) is 36.2 Å². The summed E-state index contributed by atoms with van der Waals surface area (Å²) in [7, 11) is 4.05. The van der Waals surface area contributed by atoms with Crippen molar-refractivity contribution in [3.8, 4) is 0 Å². The molecule has 2 aromatic rings. The first-order valence-electron chi connectivity index (χ1n) is 7.81. The number of carbonyl (C=O) groups is 1. The van der Waals surface area contributed by atoms with Crippen LogP contribution in [0.2, 0.25) is 0 Å². The van der Waals surface area contributed by atoms with Gasteiger partial charge in [0.25, 0.3) is 0 Å². The van der Waals surface area contributed by atoms with E-state index in [4.69, 9.17) is 0 Å². The zero-order valence-electron chi connectivity index (χ0n) is 13.7. The average Bonchev–Trinajstić information content (AvgIpc) is 3.23. The maximum Gasteiger partial charge on any atom is 0.242 e. The number of thiophene rings is 1.